The first-order chi connectivity index (χ1) is 9.79. The smallest absolute Gasteiger partial charge is 0.216 e. The van der Waals surface area contributed by atoms with Gasteiger partial charge in [-0.3, -0.25) is 5.10 Å². The predicted octanol–water partition coefficient (Wildman–Crippen LogP) is 1.19. The van der Waals surface area contributed by atoms with Crippen LogP contribution in [0.4, 0.5) is 10.1 Å². The van der Waals surface area contributed by atoms with Gasteiger partial charge in [-0.1, -0.05) is 0 Å². The number of nitriles is 1. The van der Waals surface area contributed by atoms with E-state index >= 15 is 0 Å². The Morgan fingerprint density at radius 1 is 1.45 bits per heavy atom. The molecule has 0 saturated carbocycles. The minimum atomic E-state index is -0.460. The summed E-state index contributed by atoms with van der Waals surface area (Å²) in [6.07, 6.45) is 2.71. The number of H-pyrrole nitrogens is 2. The van der Waals surface area contributed by atoms with Crippen LogP contribution in [-0.2, 0) is 0 Å². The van der Waals surface area contributed by atoms with Crippen molar-refractivity contribution < 1.29 is 4.39 Å². The number of nitrogens with zero attached hydrogens (tertiary/aromatic N) is 5. The summed E-state index contributed by atoms with van der Waals surface area (Å²) >= 11 is 0. The van der Waals surface area contributed by atoms with Gasteiger partial charge in [0.2, 0.25) is 5.82 Å². The molecule has 1 aromatic carbocycles. The molecule has 0 radical (unpaired) electrons. The number of hydrogen-bond donors (Lipinski definition) is 3. The summed E-state index contributed by atoms with van der Waals surface area (Å²) in [5.74, 6) is -0.331. The third-order valence-corrected chi connectivity index (χ3v) is 2.64. The second-order valence-corrected chi connectivity index (χ2v) is 3.81. The normalized spacial score (nSPS) is 11.5. The number of aromatic amines is 2. The summed E-state index contributed by atoms with van der Waals surface area (Å²) in [4.78, 5) is 0. The SMILES string of the molecule is N#CC(=CNc1ccc2[nH]ncc2c1F)c1nn[nH]n1. The molecule has 2 heterocycles. The minimum absolute atomic E-state index is 0.129. The summed E-state index contributed by atoms with van der Waals surface area (Å²) in [5.41, 5.74) is 0.941. The summed E-state index contributed by atoms with van der Waals surface area (Å²) in [6.45, 7) is 0. The Bertz CT molecular complexity index is 811. The summed E-state index contributed by atoms with van der Waals surface area (Å²) in [7, 11) is 0. The molecule has 2 aromatic heterocycles. The van der Waals surface area contributed by atoms with E-state index in [-0.39, 0.29) is 17.1 Å². The highest BCUT2D eigenvalue weighted by Gasteiger charge is 2.09. The van der Waals surface area contributed by atoms with Gasteiger partial charge in [-0.15, -0.1) is 10.2 Å². The molecule has 3 aromatic rings. The molecule has 0 aliphatic heterocycles. The van der Waals surface area contributed by atoms with E-state index in [1.54, 1.807) is 6.07 Å². The van der Waals surface area contributed by atoms with Gasteiger partial charge in [-0.05, 0) is 17.3 Å². The molecule has 9 heteroatoms. The third-order valence-electron chi connectivity index (χ3n) is 2.64. The fourth-order valence-corrected chi connectivity index (χ4v) is 1.67. The highest BCUT2D eigenvalue weighted by atomic mass is 19.1. The van der Waals surface area contributed by atoms with E-state index < -0.39 is 5.82 Å². The Labute approximate surface area is 111 Å². The number of rotatable bonds is 3. The van der Waals surface area contributed by atoms with Crippen LogP contribution in [0.2, 0.25) is 0 Å². The van der Waals surface area contributed by atoms with Crippen LogP contribution in [0.25, 0.3) is 16.5 Å². The largest absolute Gasteiger partial charge is 0.358 e. The fraction of sp³-hybridized carbons (Fsp3) is 0. The third kappa shape index (κ3) is 1.95. The zero-order valence-corrected chi connectivity index (χ0v) is 9.92. The van der Waals surface area contributed by atoms with Crippen molar-refractivity contribution in [1.29, 1.82) is 5.26 Å². The van der Waals surface area contributed by atoms with Gasteiger partial charge in [-0.2, -0.15) is 15.6 Å². The lowest BCUT2D eigenvalue weighted by Gasteiger charge is -2.03. The summed E-state index contributed by atoms with van der Waals surface area (Å²) in [5, 5.41) is 31.4. The molecule has 0 atom stereocenters. The Kier molecular flexibility index (Phi) is 2.81. The van der Waals surface area contributed by atoms with Crippen molar-refractivity contribution in [2.24, 2.45) is 0 Å². The molecule has 0 unspecified atom stereocenters. The number of aromatic nitrogens is 6. The van der Waals surface area contributed by atoms with Crippen LogP contribution in [0.1, 0.15) is 5.82 Å². The van der Waals surface area contributed by atoms with E-state index in [1.165, 1.54) is 18.5 Å². The molecule has 0 fully saturated rings. The molecule has 0 bridgehead atoms. The summed E-state index contributed by atoms with van der Waals surface area (Å²) < 4.78 is 14.1. The minimum Gasteiger partial charge on any atom is -0.358 e. The zero-order chi connectivity index (χ0) is 13.9. The second kappa shape index (κ2) is 4.77. The Morgan fingerprint density at radius 2 is 2.35 bits per heavy atom. The number of fused-ring (bicyclic) bond motifs is 1. The Hall–Kier alpha value is -3.28. The molecular formula is C11H7FN8. The van der Waals surface area contributed by atoms with E-state index in [0.717, 1.165) is 0 Å². The first-order valence-corrected chi connectivity index (χ1v) is 5.52. The fourth-order valence-electron chi connectivity index (χ4n) is 1.67. The van der Waals surface area contributed by atoms with Gasteiger partial charge >= 0.3 is 0 Å². The van der Waals surface area contributed by atoms with Crippen LogP contribution in [0.5, 0.6) is 0 Å². The maximum Gasteiger partial charge on any atom is 0.216 e. The van der Waals surface area contributed by atoms with Gasteiger partial charge in [0.05, 0.1) is 22.8 Å². The van der Waals surface area contributed by atoms with E-state index in [0.29, 0.717) is 10.9 Å². The molecule has 0 saturated heterocycles. The molecular weight excluding hydrogens is 263 g/mol. The van der Waals surface area contributed by atoms with Gasteiger partial charge in [0.25, 0.3) is 0 Å². The Morgan fingerprint density at radius 3 is 3.10 bits per heavy atom. The van der Waals surface area contributed by atoms with Crippen molar-refractivity contribution in [3.8, 4) is 6.07 Å². The molecule has 20 heavy (non-hydrogen) atoms. The van der Waals surface area contributed by atoms with Crippen LogP contribution in [0.3, 0.4) is 0 Å². The average Bonchev–Trinajstić information content (AvgIpc) is 3.12. The van der Waals surface area contributed by atoms with Gasteiger partial charge in [0.15, 0.2) is 5.82 Å². The van der Waals surface area contributed by atoms with Gasteiger partial charge < -0.3 is 5.32 Å². The first kappa shape index (κ1) is 11.8. The van der Waals surface area contributed by atoms with Crippen LogP contribution in [-0.4, -0.2) is 30.8 Å². The number of nitrogens with one attached hydrogen (secondary N) is 3. The van der Waals surface area contributed by atoms with E-state index in [2.05, 4.69) is 36.1 Å². The highest BCUT2D eigenvalue weighted by molar-refractivity contribution is 5.83. The quantitative estimate of drug-likeness (QED) is 0.615. The van der Waals surface area contributed by atoms with Crippen LogP contribution in [0, 0.1) is 17.1 Å². The average molecular weight is 270 g/mol. The predicted molar refractivity (Wildman–Crippen MR) is 67.4 cm³/mol. The number of benzene rings is 1. The van der Waals surface area contributed by atoms with Crippen LogP contribution in [0.15, 0.2) is 24.5 Å². The Balaban J connectivity index is 1.93. The maximum atomic E-state index is 14.1. The molecule has 0 aliphatic carbocycles. The molecule has 98 valence electrons. The molecule has 3 rings (SSSR count). The zero-order valence-electron chi connectivity index (χ0n) is 9.92. The van der Waals surface area contributed by atoms with Crippen molar-refractivity contribution in [1.82, 2.24) is 30.8 Å². The van der Waals surface area contributed by atoms with Gasteiger partial charge in [-0.25, -0.2) is 4.39 Å². The van der Waals surface area contributed by atoms with Gasteiger partial charge in [0, 0.05) is 6.20 Å². The first-order valence-electron chi connectivity index (χ1n) is 5.52. The van der Waals surface area contributed by atoms with Crippen molar-refractivity contribution >= 4 is 22.2 Å². The number of anilines is 1. The number of hydrogen-bond acceptors (Lipinski definition) is 6. The topological polar surface area (TPSA) is 119 Å². The standard InChI is InChI=1S/C11H7FN8/c12-10-7-5-15-16-8(7)1-2-9(10)14-4-6(3-13)11-17-19-20-18-11/h1-2,4-5,14H,(H,15,16)(H,17,18,19,20). The van der Waals surface area contributed by atoms with Crippen molar-refractivity contribution in [3.05, 3.63) is 36.2 Å². The number of halogens is 1. The van der Waals surface area contributed by atoms with E-state index in [1.807, 2.05) is 6.07 Å². The lowest BCUT2D eigenvalue weighted by molar-refractivity contribution is 0.644. The van der Waals surface area contributed by atoms with Gasteiger partial charge in [0.1, 0.15) is 11.6 Å². The molecule has 8 nitrogen and oxygen atoms in total. The lowest BCUT2D eigenvalue weighted by atomic mass is 10.2. The van der Waals surface area contributed by atoms with E-state index in [9.17, 15) is 4.39 Å². The van der Waals surface area contributed by atoms with E-state index in [4.69, 9.17) is 5.26 Å². The lowest BCUT2D eigenvalue weighted by Crippen LogP contribution is -1.95. The number of allylic oxidation sites excluding steroid dienone is 1. The molecule has 0 amide bonds. The van der Waals surface area contributed by atoms with Crippen molar-refractivity contribution in [2.45, 2.75) is 0 Å². The number of tetrazole rings is 1. The highest BCUT2D eigenvalue weighted by Crippen LogP contribution is 2.23. The van der Waals surface area contributed by atoms with Crippen LogP contribution < -0.4 is 5.32 Å². The second-order valence-electron chi connectivity index (χ2n) is 3.81. The molecule has 0 spiro atoms. The van der Waals surface area contributed by atoms with Crippen molar-refractivity contribution in [3.63, 3.8) is 0 Å². The maximum absolute atomic E-state index is 14.1. The van der Waals surface area contributed by atoms with Crippen molar-refractivity contribution in [2.75, 3.05) is 5.32 Å². The monoisotopic (exact) mass is 270 g/mol. The van der Waals surface area contributed by atoms with Crippen LogP contribution >= 0.6 is 0 Å². The molecule has 0 aliphatic rings. The summed E-state index contributed by atoms with van der Waals surface area (Å²) in [6, 6.07) is 5.12. The molecule has 3 N–H and O–H groups in total.